The van der Waals surface area contributed by atoms with E-state index in [1.54, 1.807) is 12.1 Å². The van der Waals surface area contributed by atoms with Crippen LogP contribution in [0.5, 0.6) is 5.75 Å². The van der Waals surface area contributed by atoms with Crippen LogP contribution in [0.15, 0.2) is 35.3 Å². The van der Waals surface area contributed by atoms with Crippen LogP contribution in [0.2, 0.25) is 0 Å². The minimum Gasteiger partial charge on any atom is -0.494 e. The topological polar surface area (TPSA) is 9.23 Å². The molecule has 0 amide bonds. The van der Waals surface area contributed by atoms with Gasteiger partial charge in [-0.1, -0.05) is 6.08 Å². The second kappa shape index (κ2) is 5.81. The molecule has 14 heavy (non-hydrogen) atoms. The second-order valence-corrected chi connectivity index (χ2v) is 3.71. The predicted octanol–water partition coefficient (Wildman–Crippen LogP) is 3.93. The monoisotopic (exact) mass is 258 g/mol. The highest BCUT2D eigenvalue weighted by atomic mass is 79.9. The van der Waals surface area contributed by atoms with Crippen molar-refractivity contribution in [2.45, 2.75) is 12.8 Å². The van der Waals surface area contributed by atoms with E-state index in [2.05, 4.69) is 22.5 Å². The van der Waals surface area contributed by atoms with Crippen LogP contribution in [0, 0.1) is 5.82 Å². The molecule has 0 unspecified atom stereocenters. The van der Waals surface area contributed by atoms with E-state index < -0.39 is 0 Å². The van der Waals surface area contributed by atoms with Crippen molar-refractivity contribution in [1.82, 2.24) is 0 Å². The Morgan fingerprint density at radius 2 is 2.29 bits per heavy atom. The van der Waals surface area contributed by atoms with E-state index in [9.17, 15) is 4.39 Å². The van der Waals surface area contributed by atoms with Gasteiger partial charge < -0.3 is 4.74 Å². The molecular formula is C11H12BrFO. The van der Waals surface area contributed by atoms with Crippen molar-refractivity contribution in [3.8, 4) is 5.75 Å². The average Bonchev–Trinajstić information content (AvgIpc) is 2.18. The molecule has 0 aliphatic rings. The molecule has 0 N–H and O–H groups in total. The van der Waals surface area contributed by atoms with E-state index in [-0.39, 0.29) is 5.82 Å². The van der Waals surface area contributed by atoms with E-state index in [4.69, 9.17) is 4.74 Å². The summed E-state index contributed by atoms with van der Waals surface area (Å²) < 4.78 is 18.7. The van der Waals surface area contributed by atoms with E-state index in [1.807, 2.05) is 6.08 Å². The Morgan fingerprint density at radius 1 is 1.50 bits per heavy atom. The summed E-state index contributed by atoms with van der Waals surface area (Å²) in [6, 6.07) is 4.63. The quantitative estimate of drug-likeness (QED) is 0.575. The van der Waals surface area contributed by atoms with Crippen molar-refractivity contribution in [1.29, 1.82) is 0 Å². The summed E-state index contributed by atoms with van der Waals surface area (Å²) in [5.41, 5.74) is 0. The highest BCUT2D eigenvalue weighted by molar-refractivity contribution is 9.10. The van der Waals surface area contributed by atoms with Crippen LogP contribution in [0.3, 0.4) is 0 Å². The molecule has 1 aromatic rings. The number of halogens is 2. The van der Waals surface area contributed by atoms with Crippen molar-refractivity contribution >= 4 is 15.9 Å². The highest BCUT2D eigenvalue weighted by Crippen LogP contribution is 2.21. The van der Waals surface area contributed by atoms with Crippen LogP contribution in [-0.4, -0.2) is 6.61 Å². The number of benzene rings is 1. The Labute approximate surface area is 91.7 Å². The molecule has 0 saturated heterocycles. The number of hydrogen-bond donors (Lipinski definition) is 0. The molecule has 0 bridgehead atoms. The van der Waals surface area contributed by atoms with Crippen LogP contribution in [0.4, 0.5) is 4.39 Å². The Bertz CT molecular complexity index is 312. The van der Waals surface area contributed by atoms with Crippen LogP contribution < -0.4 is 4.74 Å². The van der Waals surface area contributed by atoms with Gasteiger partial charge in [0.15, 0.2) is 0 Å². The third kappa shape index (κ3) is 3.50. The first-order chi connectivity index (χ1) is 6.74. The number of ether oxygens (including phenoxy) is 1. The van der Waals surface area contributed by atoms with Gasteiger partial charge >= 0.3 is 0 Å². The van der Waals surface area contributed by atoms with Crippen molar-refractivity contribution in [2.24, 2.45) is 0 Å². The van der Waals surface area contributed by atoms with E-state index in [1.165, 1.54) is 6.07 Å². The molecule has 1 nitrogen and oxygen atoms in total. The molecule has 0 aromatic heterocycles. The normalized spacial score (nSPS) is 9.86. The molecule has 0 heterocycles. The summed E-state index contributed by atoms with van der Waals surface area (Å²) in [6.07, 6.45) is 3.71. The molecular weight excluding hydrogens is 247 g/mol. The molecule has 1 rings (SSSR count). The molecule has 0 spiro atoms. The Hall–Kier alpha value is -0.830. The van der Waals surface area contributed by atoms with E-state index >= 15 is 0 Å². The number of allylic oxidation sites excluding steroid dienone is 1. The standard InChI is InChI=1S/C11H12BrFO/c1-2-3-4-7-14-9-5-6-11(13)10(12)8-9/h2,5-6,8H,1,3-4,7H2. The van der Waals surface area contributed by atoms with E-state index in [0.29, 0.717) is 16.8 Å². The van der Waals surface area contributed by atoms with Crippen molar-refractivity contribution in [2.75, 3.05) is 6.61 Å². The van der Waals surface area contributed by atoms with Gasteiger partial charge in [0.05, 0.1) is 11.1 Å². The van der Waals surface area contributed by atoms with Gasteiger partial charge in [0.2, 0.25) is 0 Å². The van der Waals surface area contributed by atoms with Gasteiger partial charge in [0.1, 0.15) is 11.6 Å². The molecule has 0 aliphatic carbocycles. The van der Waals surface area contributed by atoms with Gasteiger partial charge in [-0.15, -0.1) is 6.58 Å². The average molecular weight is 259 g/mol. The second-order valence-electron chi connectivity index (χ2n) is 2.86. The molecule has 0 fully saturated rings. The largest absolute Gasteiger partial charge is 0.494 e. The lowest BCUT2D eigenvalue weighted by Gasteiger charge is -2.05. The maximum atomic E-state index is 12.8. The molecule has 0 saturated carbocycles. The summed E-state index contributed by atoms with van der Waals surface area (Å²) in [5.74, 6) is 0.408. The molecule has 0 atom stereocenters. The lowest BCUT2D eigenvalue weighted by Crippen LogP contribution is -1.96. The Balaban J connectivity index is 2.43. The molecule has 1 aromatic carbocycles. The fourth-order valence-corrected chi connectivity index (χ4v) is 1.34. The van der Waals surface area contributed by atoms with Gasteiger partial charge in [-0.2, -0.15) is 0 Å². The van der Waals surface area contributed by atoms with Gasteiger partial charge in [-0.3, -0.25) is 0 Å². The van der Waals surface area contributed by atoms with Crippen molar-refractivity contribution in [3.05, 3.63) is 41.1 Å². The molecule has 0 aliphatic heterocycles. The number of rotatable bonds is 5. The third-order valence-electron chi connectivity index (χ3n) is 1.71. The number of unbranched alkanes of at least 4 members (excludes halogenated alkanes) is 1. The summed E-state index contributed by atoms with van der Waals surface area (Å²) in [4.78, 5) is 0. The minimum absolute atomic E-state index is 0.275. The Morgan fingerprint density at radius 3 is 2.93 bits per heavy atom. The molecule has 76 valence electrons. The first-order valence-corrected chi connectivity index (χ1v) is 5.22. The lowest BCUT2D eigenvalue weighted by atomic mass is 10.3. The summed E-state index contributed by atoms with van der Waals surface area (Å²) in [7, 11) is 0. The Kier molecular flexibility index (Phi) is 4.66. The van der Waals surface area contributed by atoms with Crippen LogP contribution >= 0.6 is 15.9 Å². The van der Waals surface area contributed by atoms with Gasteiger partial charge in [0.25, 0.3) is 0 Å². The highest BCUT2D eigenvalue weighted by Gasteiger charge is 2.00. The zero-order valence-electron chi connectivity index (χ0n) is 7.80. The lowest BCUT2D eigenvalue weighted by molar-refractivity contribution is 0.311. The van der Waals surface area contributed by atoms with Crippen molar-refractivity contribution < 1.29 is 9.13 Å². The third-order valence-corrected chi connectivity index (χ3v) is 2.32. The minimum atomic E-state index is -0.275. The predicted molar refractivity (Wildman–Crippen MR) is 59.0 cm³/mol. The van der Waals surface area contributed by atoms with Crippen LogP contribution in [0.25, 0.3) is 0 Å². The zero-order valence-corrected chi connectivity index (χ0v) is 9.39. The van der Waals surface area contributed by atoms with E-state index in [0.717, 1.165) is 12.8 Å². The SMILES string of the molecule is C=CCCCOc1ccc(F)c(Br)c1. The molecule has 0 radical (unpaired) electrons. The first kappa shape index (κ1) is 11.2. The number of hydrogen-bond acceptors (Lipinski definition) is 1. The maximum Gasteiger partial charge on any atom is 0.137 e. The fraction of sp³-hybridized carbons (Fsp3) is 0.273. The smallest absolute Gasteiger partial charge is 0.137 e. The summed E-state index contributed by atoms with van der Waals surface area (Å²) in [6.45, 7) is 4.25. The van der Waals surface area contributed by atoms with Crippen LogP contribution in [-0.2, 0) is 0 Å². The fourth-order valence-electron chi connectivity index (χ4n) is 0.984. The zero-order chi connectivity index (χ0) is 10.4. The first-order valence-electron chi connectivity index (χ1n) is 4.43. The maximum absolute atomic E-state index is 12.8. The van der Waals surface area contributed by atoms with Crippen molar-refractivity contribution in [3.63, 3.8) is 0 Å². The van der Waals surface area contributed by atoms with Gasteiger partial charge in [-0.25, -0.2) is 4.39 Å². The summed E-state index contributed by atoms with van der Waals surface area (Å²) in [5, 5.41) is 0. The van der Waals surface area contributed by atoms with Gasteiger partial charge in [0, 0.05) is 0 Å². The van der Waals surface area contributed by atoms with Gasteiger partial charge in [-0.05, 0) is 47.0 Å². The summed E-state index contributed by atoms with van der Waals surface area (Å²) >= 11 is 3.10. The molecule has 3 heteroatoms. The van der Waals surface area contributed by atoms with Crippen LogP contribution in [0.1, 0.15) is 12.8 Å².